The number of carbonyl (C=O) groups is 2. The van der Waals surface area contributed by atoms with Gasteiger partial charge in [0.05, 0.1) is 12.2 Å². The van der Waals surface area contributed by atoms with Gasteiger partial charge < -0.3 is 29.2 Å². The van der Waals surface area contributed by atoms with Crippen LogP contribution in [0.15, 0.2) is 115 Å². The van der Waals surface area contributed by atoms with Crippen LogP contribution >= 0.6 is 0 Å². The van der Waals surface area contributed by atoms with Crippen LogP contribution in [0.5, 0.6) is 11.5 Å². The molecule has 1 fully saturated rings. The minimum atomic E-state index is -1.58. The molecule has 0 heterocycles. The van der Waals surface area contributed by atoms with Crippen LogP contribution in [-0.2, 0) is 25.5 Å². The molecule has 1 aliphatic rings. The van der Waals surface area contributed by atoms with Gasteiger partial charge in [0.2, 0.25) is 13.6 Å². The third-order valence-corrected chi connectivity index (χ3v) is 9.46. The van der Waals surface area contributed by atoms with Crippen molar-refractivity contribution in [2.75, 3.05) is 26.8 Å². The maximum atomic E-state index is 12.3. The van der Waals surface area contributed by atoms with Crippen molar-refractivity contribution >= 4 is 11.9 Å². The second-order valence-electron chi connectivity index (χ2n) is 13.2. The first-order valence-corrected chi connectivity index (χ1v) is 17.8. The maximum Gasteiger partial charge on any atom is 0.340 e. The van der Waals surface area contributed by atoms with Crippen molar-refractivity contribution < 1.29 is 47.5 Å². The second kappa shape index (κ2) is 20.8. The van der Waals surface area contributed by atoms with Crippen LogP contribution in [0.3, 0.4) is 0 Å². The summed E-state index contributed by atoms with van der Waals surface area (Å²) in [6, 6.07) is 21.6. The average molecular weight is 731 g/mol. The molecule has 1 aliphatic carbocycles. The molecule has 0 radical (unpaired) electrons. The lowest BCUT2D eigenvalue weighted by atomic mass is 9.78. The highest BCUT2D eigenvalue weighted by atomic mass is 19.3. The molecule has 10 heteroatoms. The van der Waals surface area contributed by atoms with Gasteiger partial charge in [0.15, 0.2) is 0 Å². The Kier molecular flexibility index (Phi) is 16.0. The smallest absolute Gasteiger partial charge is 0.340 e. The predicted octanol–water partition coefficient (Wildman–Crippen LogP) is 9.12. The van der Waals surface area contributed by atoms with Gasteiger partial charge in [-0.3, -0.25) is 0 Å². The summed E-state index contributed by atoms with van der Waals surface area (Å²) in [5.74, 6) is 0.395. The quantitative estimate of drug-likeness (QED) is 0.0513. The molecule has 0 unspecified atom stereocenters. The van der Waals surface area contributed by atoms with E-state index < -0.39 is 38.2 Å². The van der Waals surface area contributed by atoms with Crippen LogP contribution in [0.25, 0.3) is 22.3 Å². The minimum Gasteiger partial charge on any atom is -0.457 e. The maximum absolute atomic E-state index is 12.3. The monoisotopic (exact) mass is 730 g/mol. The fourth-order valence-electron chi connectivity index (χ4n) is 6.20. The molecular weight excluding hydrogens is 682 g/mol. The summed E-state index contributed by atoms with van der Waals surface area (Å²) >= 11 is 0. The Morgan fingerprint density at radius 3 is 1.74 bits per heavy atom. The number of esters is 2. The van der Waals surface area contributed by atoms with Crippen molar-refractivity contribution in [1.29, 1.82) is 0 Å². The van der Waals surface area contributed by atoms with E-state index in [2.05, 4.69) is 44.0 Å². The van der Waals surface area contributed by atoms with Gasteiger partial charge in [-0.2, -0.15) is 8.78 Å². The zero-order chi connectivity index (χ0) is 38.2. The topological polar surface area (TPSA) is 112 Å². The molecule has 0 saturated heterocycles. The molecule has 0 amide bonds. The van der Waals surface area contributed by atoms with Crippen LogP contribution in [0.4, 0.5) is 8.78 Å². The third kappa shape index (κ3) is 13.1. The SMILES string of the molecule is C=C(CO)C(=C)C(=O)OCOc1cc(OCOC(=O)C(=C)CCO)cc(-c2ccc(-c3ccc(CCC4CCC(CCC=C(F)F)CC4)cc3)cc2)c1. The van der Waals surface area contributed by atoms with E-state index >= 15 is 0 Å². The number of benzene rings is 3. The van der Waals surface area contributed by atoms with E-state index in [0.29, 0.717) is 29.8 Å². The lowest BCUT2D eigenvalue weighted by Gasteiger charge is -2.28. The van der Waals surface area contributed by atoms with Crippen LogP contribution in [0, 0.1) is 11.8 Å². The zero-order valence-electron chi connectivity index (χ0n) is 30.0. The lowest BCUT2D eigenvalue weighted by molar-refractivity contribution is -0.146. The molecule has 0 spiro atoms. The van der Waals surface area contributed by atoms with Gasteiger partial charge in [-0.05, 0) is 89.1 Å². The highest BCUT2D eigenvalue weighted by Crippen LogP contribution is 2.35. The van der Waals surface area contributed by atoms with Gasteiger partial charge >= 0.3 is 11.9 Å². The first kappa shape index (κ1) is 40.7. The summed E-state index contributed by atoms with van der Waals surface area (Å²) < 4.78 is 46.3. The number of ether oxygens (including phenoxy) is 4. The fraction of sp³-hybridized carbons (Fsp3) is 0.349. The molecule has 3 aromatic rings. The summed E-state index contributed by atoms with van der Waals surface area (Å²) in [6.45, 7) is 9.21. The molecule has 0 atom stereocenters. The molecule has 282 valence electrons. The van der Waals surface area contributed by atoms with E-state index in [4.69, 9.17) is 24.1 Å². The highest BCUT2D eigenvalue weighted by molar-refractivity contribution is 5.92. The van der Waals surface area contributed by atoms with Crippen molar-refractivity contribution in [3.8, 4) is 33.8 Å². The molecule has 0 aromatic heterocycles. The number of halogens is 2. The molecule has 0 bridgehead atoms. The summed E-state index contributed by atoms with van der Waals surface area (Å²) in [5.41, 5.74) is 5.16. The second-order valence-corrected chi connectivity index (χ2v) is 13.2. The number of aryl methyl sites for hydroxylation is 1. The third-order valence-electron chi connectivity index (χ3n) is 9.46. The summed E-state index contributed by atoms with van der Waals surface area (Å²) in [4.78, 5) is 24.3. The largest absolute Gasteiger partial charge is 0.457 e. The number of rotatable bonds is 20. The number of aliphatic hydroxyl groups excluding tert-OH is 2. The van der Waals surface area contributed by atoms with Crippen molar-refractivity contribution in [3.05, 3.63) is 121 Å². The van der Waals surface area contributed by atoms with E-state index in [1.54, 1.807) is 18.2 Å². The predicted molar refractivity (Wildman–Crippen MR) is 200 cm³/mol. The Labute approximate surface area is 310 Å². The Hall–Kier alpha value is -5.06. The van der Waals surface area contributed by atoms with Gasteiger partial charge in [-0.15, -0.1) is 0 Å². The molecular formula is C43H48F2O8. The average Bonchev–Trinajstić information content (AvgIpc) is 3.17. The lowest BCUT2D eigenvalue weighted by Crippen LogP contribution is -2.15. The number of allylic oxidation sites excluding steroid dienone is 1. The minimum absolute atomic E-state index is 0.0654. The van der Waals surface area contributed by atoms with E-state index in [0.717, 1.165) is 60.4 Å². The van der Waals surface area contributed by atoms with E-state index in [-0.39, 0.29) is 29.7 Å². The van der Waals surface area contributed by atoms with Crippen LogP contribution in [0.1, 0.15) is 56.9 Å². The number of hydrogen-bond donors (Lipinski definition) is 2. The van der Waals surface area contributed by atoms with E-state index in [1.165, 1.54) is 18.4 Å². The summed E-state index contributed by atoms with van der Waals surface area (Å²) in [6.07, 6.45) is 7.60. The van der Waals surface area contributed by atoms with Gasteiger partial charge in [0.1, 0.15) is 11.5 Å². The summed E-state index contributed by atoms with van der Waals surface area (Å²) in [5, 5.41) is 18.2. The zero-order valence-corrected chi connectivity index (χ0v) is 30.0. The first-order chi connectivity index (χ1) is 25.6. The molecule has 53 heavy (non-hydrogen) atoms. The standard InChI is InChI=1S/C43H48F2O8/c1-29(21-22-46)42(48)52-27-50-39-23-38(24-40(25-39)51-28-53-43(49)31(3)30(2)26-47)37-19-17-36(18-20-37)35-15-13-34(14-16-35)12-11-33-9-7-32(8-10-33)5-4-6-41(44)45/h6,13-20,23-25,32-33,46-47H,1-5,7-12,21-22,26-28H2. The number of hydrogen-bond acceptors (Lipinski definition) is 8. The number of carbonyl (C=O) groups excluding carboxylic acids is 2. The van der Waals surface area contributed by atoms with Gasteiger partial charge in [0, 0.05) is 24.7 Å². The molecule has 8 nitrogen and oxygen atoms in total. The van der Waals surface area contributed by atoms with Gasteiger partial charge in [-0.1, -0.05) is 94.0 Å². The van der Waals surface area contributed by atoms with Gasteiger partial charge in [0.25, 0.3) is 6.08 Å². The van der Waals surface area contributed by atoms with Crippen molar-refractivity contribution in [2.45, 2.75) is 57.8 Å². The summed E-state index contributed by atoms with van der Waals surface area (Å²) in [7, 11) is 0. The number of aliphatic hydroxyl groups is 2. The van der Waals surface area contributed by atoms with E-state index in [1.807, 2.05) is 24.3 Å². The Morgan fingerprint density at radius 1 is 0.698 bits per heavy atom. The first-order valence-electron chi connectivity index (χ1n) is 17.8. The Bertz CT molecular complexity index is 1730. The van der Waals surface area contributed by atoms with Crippen LogP contribution in [-0.4, -0.2) is 49.0 Å². The molecule has 0 aliphatic heterocycles. The Balaban J connectivity index is 1.37. The van der Waals surface area contributed by atoms with Crippen molar-refractivity contribution in [2.24, 2.45) is 11.8 Å². The molecule has 1 saturated carbocycles. The fourth-order valence-corrected chi connectivity index (χ4v) is 6.20. The normalized spacial score (nSPS) is 15.2. The van der Waals surface area contributed by atoms with E-state index in [9.17, 15) is 23.5 Å². The molecule has 3 aromatic carbocycles. The van der Waals surface area contributed by atoms with Crippen molar-refractivity contribution in [3.63, 3.8) is 0 Å². The van der Waals surface area contributed by atoms with Gasteiger partial charge in [-0.25, -0.2) is 9.59 Å². The van der Waals surface area contributed by atoms with Crippen LogP contribution < -0.4 is 9.47 Å². The molecule has 2 N–H and O–H groups in total. The van der Waals surface area contributed by atoms with Crippen molar-refractivity contribution in [1.82, 2.24) is 0 Å². The highest BCUT2D eigenvalue weighted by Gasteiger charge is 2.21. The molecule has 4 rings (SSSR count). The van der Waals surface area contributed by atoms with Crippen LogP contribution in [0.2, 0.25) is 0 Å². The Morgan fingerprint density at radius 2 is 1.21 bits per heavy atom.